The molecule has 0 saturated heterocycles. The molecule has 0 atom stereocenters. The molecule has 152 valence electrons. The van der Waals surface area contributed by atoms with Gasteiger partial charge in [0.05, 0.1) is 23.0 Å². The Labute approximate surface area is 167 Å². The van der Waals surface area contributed by atoms with Crippen LogP contribution in [0.3, 0.4) is 0 Å². The lowest BCUT2D eigenvalue weighted by Crippen LogP contribution is -2.40. The molecule has 0 amide bonds. The van der Waals surface area contributed by atoms with Crippen molar-refractivity contribution in [1.29, 1.82) is 0 Å². The summed E-state index contributed by atoms with van der Waals surface area (Å²) in [5.41, 5.74) is 5.65. The Bertz CT molecular complexity index is 1160. The minimum absolute atomic E-state index is 0.178. The van der Waals surface area contributed by atoms with E-state index >= 15 is 0 Å². The van der Waals surface area contributed by atoms with Gasteiger partial charge in [0.1, 0.15) is 17.5 Å². The maximum Gasteiger partial charge on any atom is 0.241 e. The maximum absolute atomic E-state index is 14.8. The van der Waals surface area contributed by atoms with Gasteiger partial charge in [-0.25, -0.2) is 26.9 Å². The van der Waals surface area contributed by atoms with Crippen LogP contribution in [0.4, 0.5) is 14.6 Å². The van der Waals surface area contributed by atoms with Crippen molar-refractivity contribution in [3.05, 3.63) is 60.4 Å². The number of nitrogen functional groups attached to an aromatic ring is 1. The molecule has 0 aliphatic carbocycles. The Morgan fingerprint density at radius 1 is 0.966 bits per heavy atom. The first-order chi connectivity index (χ1) is 13.5. The van der Waals surface area contributed by atoms with Crippen LogP contribution < -0.4 is 10.5 Å². The molecule has 0 unspecified atom stereocenters. The SMILES string of the molecule is CC(C)(C)NS(=O)(=O)c1cc(F)ccc1-c1ccc(-c2cnc(N)cn2)c(F)c1. The zero-order valence-corrected chi connectivity index (χ0v) is 16.9. The van der Waals surface area contributed by atoms with Crippen LogP contribution in [0, 0.1) is 11.6 Å². The minimum atomic E-state index is -4.05. The highest BCUT2D eigenvalue weighted by Crippen LogP contribution is 2.32. The molecule has 9 heteroatoms. The zero-order chi connectivity index (χ0) is 21.4. The van der Waals surface area contributed by atoms with E-state index in [1.165, 1.54) is 30.6 Å². The fourth-order valence-corrected chi connectivity index (χ4v) is 4.44. The van der Waals surface area contributed by atoms with Gasteiger partial charge in [-0.3, -0.25) is 4.98 Å². The molecule has 3 N–H and O–H groups in total. The summed E-state index contributed by atoms with van der Waals surface area (Å²) >= 11 is 0. The Morgan fingerprint density at radius 2 is 1.66 bits per heavy atom. The van der Waals surface area contributed by atoms with Crippen LogP contribution in [-0.2, 0) is 10.0 Å². The number of benzene rings is 2. The fraction of sp³-hybridized carbons (Fsp3) is 0.200. The molecular weight excluding hydrogens is 398 g/mol. The summed E-state index contributed by atoms with van der Waals surface area (Å²) in [5.74, 6) is -1.13. The van der Waals surface area contributed by atoms with Crippen molar-refractivity contribution in [2.45, 2.75) is 31.2 Å². The van der Waals surface area contributed by atoms with E-state index in [-0.39, 0.29) is 33.1 Å². The van der Waals surface area contributed by atoms with Crippen LogP contribution in [-0.4, -0.2) is 23.9 Å². The summed E-state index contributed by atoms with van der Waals surface area (Å²) in [6.07, 6.45) is 2.65. The number of hydrogen-bond acceptors (Lipinski definition) is 5. The molecule has 3 aromatic rings. The third kappa shape index (κ3) is 4.75. The standard InChI is InChI=1S/C20H20F2N4O2S/c1-20(2,3)26-29(27,28)18-9-13(21)5-7-14(18)12-4-6-15(16(22)8-12)17-10-25-19(23)11-24-17/h4-11,26H,1-3H3,(H2,23,25). The average Bonchev–Trinajstić information content (AvgIpc) is 2.60. The van der Waals surface area contributed by atoms with Gasteiger partial charge in [-0.1, -0.05) is 12.1 Å². The predicted molar refractivity (Wildman–Crippen MR) is 107 cm³/mol. The van der Waals surface area contributed by atoms with Gasteiger partial charge in [-0.2, -0.15) is 0 Å². The van der Waals surface area contributed by atoms with Gasteiger partial charge in [0.2, 0.25) is 10.0 Å². The normalized spacial score (nSPS) is 12.2. The molecule has 0 saturated carbocycles. The van der Waals surface area contributed by atoms with Crippen LogP contribution in [0.1, 0.15) is 20.8 Å². The topological polar surface area (TPSA) is 98.0 Å². The van der Waals surface area contributed by atoms with E-state index in [0.29, 0.717) is 0 Å². The van der Waals surface area contributed by atoms with E-state index in [0.717, 1.165) is 12.1 Å². The molecule has 29 heavy (non-hydrogen) atoms. The van der Waals surface area contributed by atoms with Gasteiger partial charge < -0.3 is 5.73 Å². The first kappa shape index (κ1) is 20.8. The molecule has 0 fully saturated rings. The summed E-state index contributed by atoms with van der Waals surface area (Å²) < 4.78 is 56.7. The number of aromatic nitrogens is 2. The second kappa shape index (κ2) is 7.49. The first-order valence-electron chi connectivity index (χ1n) is 8.68. The third-order valence-corrected chi connectivity index (χ3v) is 5.70. The second-order valence-corrected chi connectivity index (χ2v) is 9.17. The molecule has 2 aromatic carbocycles. The van der Waals surface area contributed by atoms with Gasteiger partial charge in [-0.15, -0.1) is 0 Å². The first-order valence-corrected chi connectivity index (χ1v) is 10.2. The molecule has 0 aliphatic rings. The molecule has 0 radical (unpaired) electrons. The maximum atomic E-state index is 14.8. The fourth-order valence-electron chi connectivity index (χ4n) is 2.78. The lowest BCUT2D eigenvalue weighted by atomic mass is 10.0. The number of sulfonamides is 1. The van der Waals surface area contributed by atoms with Crippen molar-refractivity contribution in [3.63, 3.8) is 0 Å². The van der Waals surface area contributed by atoms with E-state index in [9.17, 15) is 17.2 Å². The van der Waals surface area contributed by atoms with Crippen LogP contribution in [0.2, 0.25) is 0 Å². The lowest BCUT2D eigenvalue weighted by Gasteiger charge is -2.21. The third-order valence-electron chi connectivity index (χ3n) is 3.90. The highest BCUT2D eigenvalue weighted by atomic mass is 32.2. The smallest absolute Gasteiger partial charge is 0.241 e. The Morgan fingerprint density at radius 3 is 2.24 bits per heavy atom. The monoisotopic (exact) mass is 418 g/mol. The number of hydrogen-bond donors (Lipinski definition) is 2. The number of nitrogens with two attached hydrogens (primary N) is 1. The van der Waals surface area contributed by atoms with Crippen molar-refractivity contribution < 1.29 is 17.2 Å². The van der Waals surface area contributed by atoms with Crippen molar-refractivity contribution in [2.75, 3.05) is 5.73 Å². The summed E-state index contributed by atoms with van der Waals surface area (Å²) in [4.78, 5) is 7.65. The summed E-state index contributed by atoms with van der Waals surface area (Å²) in [6.45, 7) is 5.02. The molecule has 0 aliphatic heterocycles. The highest BCUT2D eigenvalue weighted by molar-refractivity contribution is 7.89. The van der Waals surface area contributed by atoms with Gasteiger partial charge in [0.25, 0.3) is 0 Å². The summed E-state index contributed by atoms with van der Waals surface area (Å²) in [6, 6.07) is 7.53. The number of nitrogens with one attached hydrogen (secondary N) is 1. The Hall–Kier alpha value is -2.91. The van der Waals surface area contributed by atoms with Crippen LogP contribution >= 0.6 is 0 Å². The van der Waals surface area contributed by atoms with E-state index in [1.807, 2.05) is 0 Å². The quantitative estimate of drug-likeness (QED) is 0.673. The summed E-state index contributed by atoms with van der Waals surface area (Å²) in [7, 11) is -4.05. The Kier molecular flexibility index (Phi) is 5.38. The molecule has 1 aromatic heterocycles. The largest absolute Gasteiger partial charge is 0.382 e. The van der Waals surface area contributed by atoms with Crippen LogP contribution in [0.15, 0.2) is 53.7 Å². The van der Waals surface area contributed by atoms with Crippen molar-refractivity contribution in [3.8, 4) is 22.4 Å². The van der Waals surface area contributed by atoms with E-state index in [2.05, 4.69) is 14.7 Å². The summed E-state index contributed by atoms with van der Waals surface area (Å²) in [5, 5.41) is 0. The van der Waals surface area contributed by atoms with Crippen LogP contribution in [0.5, 0.6) is 0 Å². The average molecular weight is 418 g/mol. The molecular formula is C20H20F2N4O2S. The van der Waals surface area contributed by atoms with E-state index in [1.54, 1.807) is 26.8 Å². The van der Waals surface area contributed by atoms with Gasteiger partial charge in [0, 0.05) is 16.7 Å². The second-order valence-electron chi connectivity index (χ2n) is 7.52. The van der Waals surface area contributed by atoms with E-state index in [4.69, 9.17) is 5.73 Å². The molecule has 6 nitrogen and oxygen atoms in total. The Balaban J connectivity index is 2.10. The van der Waals surface area contributed by atoms with Gasteiger partial charge in [0.15, 0.2) is 0 Å². The van der Waals surface area contributed by atoms with Crippen LogP contribution in [0.25, 0.3) is 22.4 Å². The molecule has 0 spiro atoms. The lowest BCUT2D eigenvalue weighted by molar-refractivity contribution is 0.491. The highest BCUT2D eigenvalue weighted by Gasteiger charge is 2.26. The molecule has 1 heterocycles. The van der Waals surface area contributed by atoms with Gasteiger partial charge in [-0.05, 0) is 50.6 Å². The van der Waals surface area contributed by atoms with Crippen molar-refractivity contribution in [1.82, 2.24) is 14.7 Å². The number of nitrogens with zero attached hydrogens (tertiary/aromatic N) is 2. The molecule has 0 bridgehead atoms. The predicted octanol–water partition coefficient (Wildman–Crippen LogP) is 3.75. The van der Waals surface area contributed by atoms with Crippen molar-refractivity contribution in [2.24, 2.45) is 0 Å². The minimum Gasteiger partial charge on any atom is -0.382 e. The number of rotatable bonds is 4. The van der Waals surface area contributed by atoms with Crippen molar-refractivity contribution >= 4 is 15.8 Å². The van der Waals surface area contributed by atoms with Gasteiger partial charge >= 0.3 is 0 Å². The number of anilines is 1. The zero-order valence-electron chi connectivity index (χ0n) is 16.1. The molecule has 3 rings (SSSR count). The van der Waals surface area contributed by atoms with E-state index < -0.39 is 27.2 Å². The number of halogens is 2.